The normalized spacial score (nSPS) is 13.5. The summed E-state index contributed by atoms with van der Waals surface area (Å²) in [5, 5.41) is 11.1. The number of nitrogens with one attached hydrogen (secondary N) is 2. The molecule has 0 aliphatic heterocycles. The van der Waals surface area contributed by atoms with E-state index in [0.29, 0.717) is 13.1 Å². The van der Waals surface area contributed by atoms with Crippen molar-refractivity contribution in [1.82, 2.24) is 20.4 Å². The summed E-state index contributed by atoms with van der Waals surface area (Å²) in [4.78, 5) is 4.28. The number of nitrogens with zero attached hydrogens (tertiary/aromatic N) is 3. The van der Waals surface area contributed by atoms with Crippen LogP contribution < -0.4 is 10.6 Å². The van der Waals surface area contributed by atoms with Crippen molar-refractivity contribution in [2.45, 2.75) is 40.0 Å². The van der Waals surface area contributed by atoms with E-state index in [1.54, 1.807) is 14.2 Å². The van der Waals surface area contributed by atoms with Crippen molar-refractivity contribution < 1.29 is 4.74 Å². The van der Waals surface area contributed by atoms with Crippen LogP contribution >= 0.6 is 0 Å². The highest BCUT2D eigenvalue weighted by Gasteiger charge is 2.24. The monoisotopic (exact) mass is 357 g/mol. The van der Waals surface area contributed by atoms with Gasteiger partial charge in [-0.15, -0.1) is 0 Å². The van der Waals surface area contributed by atoms with E-state index in [1.807, 2.05) is 29.1 Å². The maximum absolute atomic E-state index is 5.57. The van der Waals surface area contributed by atoms with Crippen LogP contribution in [0.5, 0.6) is 0 Å². The Morgan fingerprint density at radius 2 is 1.92 bits per heavy atom. The van der Waals surface area contributed by atoms with Crippen molar-refractivity contribution in [3.63, 3.8) is 0 Å². The Hall–Kier alpha value is -2.34. The van der Waals surface area contributed by atoms with Crippen LogP contribution in [0, 0.1) is 5.41 Å². The lowest BCUT2D eigenvalue weighted by molar-refractivity contribution is 0.0205. The number of hydrogen-bond acceptors (Lipinski definition) is 3. The lowest BCUT2D eigenvalue weighted by Gasteiger charge is -2.30. The average molecular weight is 358 g/mol. The predicted octanol–water partition coefficient (Wildman–Crippen LogP) is 2.66. The van der Waals surface area contributed by atoms with Gasteiger partial charge in [0.2, 0.25) is 0 Å². The van der Waals surface area contributed by atoms with Gasteiger partial charge in [0.25, 0.3) is 0 Å². The Kier molecular flexibility index (Phi) is 7.21. The Labute approximate surface area is 156 Å². The number of rotatable bonds is 7. The summed E-state index contributed by atoms with van der Waals surface area (Å²) in [6, 6.07) is 10.3. The molecule has 0 radical (unpaired) electrons. The van der Waals surface area contributed by atoms with Crippen LogP contribution in [0.2, 0.25) is 0 Å². The largest absolute Gasteiger partial charge is 0.379 e. The number of aromatic nitrogens is 2. The summed E-state index contributed by atoms with van der Waals surface area (Å²) in [6.07, 6.45) is 4.05. The molecule has 142 valence electrons. The topological polar surface area (TPSA) is 63.5 Å². The molecule has 1 atom stereocenters. The third kappa shape index (κ3) is 6.19. The molecule has 0 saturated carbocycles. The minimum absolute atomic E-state index is 0.0686. The highest BCUT2D eigenvalue weighted by atomic mass is 16.5. The zero-order valence-corrected chi connectivity index (χ0v) is 16.5. The number of ether oxygens (including phenoxy) is 1. The number of guanidine groups is 1. The third-order valence-corrected chi connectivity index (χ3v) is 4.26. The SMILES string of the molecule is CN=C(NCc1cnn(Cc2ccccc2)c1)NCC(OC)C(C)(C)C. The van der Waals surface area contributed by atoms with Crippen LogP contribution in [0.25, 0.3) is 0 Å². The quantitative estimate of drug-likeness (QED) is 0.591. The van der Waals surface area contributed by atoms with Gasteiger partial charge < -0.3 is 15.4 Å². The number of benzene rings is 1. The van der Waals surface area contributed by atoms with Gasteiger partial charge >= 0.3 is 0 Å². The molecule has 0 amide bonds. The zero-order chi connectivity index (χ0) is 19.0. The van der Waals surface area contributed by atoms with Gasteiger partial charge in [-0.25, -0.2) is 0 Å². The van der Waals surface area contributed by atoms with E-state index < -0.39 is 0 Å². The van der Waals surface area contributed by atoms with Gasteiger partial charge in [-0.2, -0.15) is 5.10 Å². The lowest BCUT2D eigenvalue weighted by Crippen LogP contribution is -2.45. The Morgan fingerprint density at radius 1 is 1.19 bits per heavy atom. The highest BCUT2D eigenvalue weighted by molar-refractivity contribution is 5.79. The summed E-state index contributed by atoms with van der Waals surface area (Å²) in [5.41, 5.74) is 2.42. The fraction of sp³-hybridized carbons (Fsp3) is 0.500. The molecule has 0 fully saturated rings. The van der Waals surface area contributed by atoms with Gasteiger partial charge in [0.15, 0.2) is 5.96 Å². The fourth-order valence-electron chi connectivity index (χ4n) is 2.69. The molecule has 1 unspecified atom stereocenters. The Morgan fingerprint density at radius 3 is 2.54 bits per heavy atom. The number of methoxy groups -OCH3 is 1. The van der Waals surface area contributed by atoms with Crippen LogP contribution in [-0.4, -0.2) is 42.5 Å². The van der Waals surface area contributed by atoms with E-state index in [-0.39, 0.29) is 11.5 Å². The minimum atomic E-state index is 0.0686. The molecule has 2 rings (SSSR count). The molecule has 0 aliphatic rings. The molecule has 0 aliphatic carbocycles. The smallest absolute Gasteiger partial charge is 0.191 e. The number of hydrogen-bond donors (Lipinski definition) is 2. The van der Waals surface area contributed by atoms with Crippen LogP contribution in [-0.2, 0) is 17.8 Å². The van der Waals surface area contributed by atoms with Crippen molar-refractivity contribution >= 4 is 5.96 Å². The van der Waals surface area contributed by atoms with Crippen molar-refractivity contribution in [3.05, 3.63) is 53.9 Å². The van der Waals surface area contributed by atoms with E-state index >= 15 is 0 Å². The van der Waals surface area contributed by atoms with Crippen LogP contribution in [0.3, 0.4) is 0 Å². The second-order valence-corrected chi connectivity index (χ2v) is 7.43. The Balaban J connectivity index is 1.83. The van der Waals surface area contributed by atoms with E-state index in [4.69, 9.17) is 4.74 Å². The zero-order valence-electron chi connectivity index (χ0n) is 16.5. The second kappa shape index (κ2) is 9.38. The first-order valence-corrected chi connectivity index (χ1v) is 8.95. The molecule has 6 heteroatoms. The molecule has 6 nitrogen and oxygen atoms in total. The predicted molar refractivity (Wildman–Crippen MR) is 106 cm³/mol. The summed E-state index contributed by atoms with van der Waals surface area (Å²) in [6.45, 7) is 8.64. The number of aliphatic imine (C=N–C) groups is 1. The standard InChI is InChI=1S/C20H31N5O/c1-20(2,3)18(26-5)13-23-19(21-4)22-11-17-12-24-25(15-17)14-16-9-7-6-8-10-16/h6-10,12,15,18H,11,13-14H2,1-5H3,(H2,21,22,23). The summed E-state index contributed by atoms with van der Waals surface area (Å²) in [5.74, 6) is 0.757. The summed E-state index contributed by atoms with van der Waals surface area (Å²) >= 11 is 0. The molecular weight excluding hydrogens is 326 g/mol. The van der Waals surface area contributed by atoms with Crippen LogP contribution in [0.4, 0.5) is 0 Å². The lowest BCUT2D eigenvalue weighted by atomic mass is 9.89. The average Bonchev–Trinajstić information content (AvgIpc) is 3.05. The first-order chi connectivity index (χ1) is 12.4. The first-order valence-electron chi connectivity index (χ1n) is 8.95. The molecular formula is C20H31N5O. The summed E-state index contributed by atoms with van der Waals surface area (Å²) in [7, 11) is 3.52. The van der Waals surface area contributed by atoms with Crippen LogP contribution in [0.15, 0.2) is 47.7 Å². The molecule has 0 bridgehead atoms. The van der Waals surface area contributed by atoms with Crippen molar-refractivity contribution in [2.24, 2.45) is 10.4 Å². The van der Waals surface area contributed by atoms with Crippen LogP contribution in [0.1, 0.15) is 31.9 Å². The molecule has 26 heavy (non-hydrogen) atoms. The van der Waals surface area contributed by atoms with Crippen molar-refractivity contribution in [3.8, 4) is 0 Å². The van der Waals surface area contributed by atoms with E-state index in [9.17, 15) is 0 Å². The third-order valence-electron chi connectivity index (χ3n) is 4.26. The highest BCUT2D eigenvalue weighted by Crippen LogP contribution is 2.20. The molecule has 2 aromatic rings. The molecule has 2 N–H and O–H groups in total. The van der Waals surface area contributed by atoms with Gasteiger partial charge in [0.05, 0.1) is 18.8 Å². The van der Waals surface area contributed by atoms with E-state index in [0.717, 1.165) is 18.1 Å². The van der Waals surface area contributed by atoms with Gasteiger partial charge in [-0.1, -0.05) is 51.1 Å². The van der Waals surface area contributed by atoms with Gasteiger partial charge in [0, 0.05) is 39.0 Å². The van der Waals surface area contributed by atoms with Gasteiger partial charge in [0.1, 0.15) is 0 Å². The van der Waals surface area contributed by atoms with Crippen molar-refractivity contribution in [2.75, 3.05) is 20.7 Å². The molecule has 1 aromatic heterocycles. The molecule has 0 spiro atoms. The first kappa shape index (κ1) is 20.0. The molecule has 1 heterocycles. The fourth-order valence-corrected chi connectivity index (χ4v) is 2.69. The molecule has 0 saturated heterocycles. The summed E-state index contributed by atoms with van der Waals surface area (Å²) < 4.78 is 7.52. The molecule has 1 aromatic carbocycles. The van der Waals surface area contributed by atoms with E-state index in [1.165, 1.54) is 5.56 Å². The maximum Gasteiger partial charge on any atom is 0.191 e. The van der Waals surface area contributed by atoms with Crippen molar-refractivity contribution in [1.29, 1.82) is 0 Å². The minimum Gasteiger partial charge on any atom is -0.379 e. The second-order valence-electron chi connectivity index (χ2n) is 7.43. The van der Waals surface area contributed by atoms with Gasteiger partial charge in [-0.05, 0) is 11.0 Å². The van der Waals surface area contributed by atoms with E-state index in [2.05, 4.69) is 59.8 Å². The van der Waals surface area contributed by atoms with Gasteiger partial charge in [-0.3, -0.25) is 9.67 Å². The Bertz CT molecular complexity index is 688. The maximum atomic E-state index is 5.57.